The Balaban J connectivity index is 2.59. The number of halogens is 3. The van der Waals surface area contributed by atoms with E-state index in [9.17, 15) is 13.2 Å². The molecule has 0 aliphatic carbocycles. The van der Waals surface area contributed by atoms with Crippen LogP contribution in [0.3, 0.4) is 0 Å². The van der Waals surface area contributed by atoms with E-state index in [1.807, 2.05) is 13.8 Å². The molecule has 1 N–H and O–H groups in total. The van der Waals surface area contributed by atoms with E-state index in [-0.39, 0.29) is 6.42 Å². The number of nitriles is 1. The number of nitrogens with one attached hydrogen (secondary N) is 1. The fourth-order valence-electron chi connectivity index (χ4n) is 1.67. The van der Waals surface area contributed by atoms with Gasteiger partial charge in [-0.3, -0.25) is 0 Å². The summed E-state index contributed by atoms with van der Waals surface area (Å²) >= 11 is 1.39. The van der Waals surface area contributed by atoms with Crippen molar-refractivity contribution < 1.29 is 17.7 Å². The molecule has 0 saturated heterocycles. The minimum atomic E-state index is -4.12. The van der Waals surface area contributed by atoms with Crippen LogP contribution in [0.15, 0.2) is 22.9 Å². The molecule has 1 heterocycles. The maximum Gasteiger partial charge on any atom is 0.389 e. The molecule has 134 valence electrons. The Kier molecular flexibility index (Phi) is 6.39. The van der Waals surface area contributed by atoms with Crippen molar-refractivity contribution in [2.45, 2.75) is 56.9 Å². The van der Waals surface area contributed by atoms with Crippen molar-refractivity contribution >= 4 is 17.6 Å². The quantitative estimate of drug-likeness (QED) is 0.640. The zero-order valence-electron chi connectivity index (χ0n) is 14.3. The zero-order chi connectivity index (χ0) is 18.6. The van der Waals surface area contributed by atoms with Crippen LogP contribution in [0, 0.1) is 11.3 Å². The fourth-order valence-corrected chi connectivity index (χ4v) is 2.70. The minimum Gasteiger partial charge on any atom is -0.338 e. The van der Waals surface area contributed by atoms with E-state index >= 15 is 0 Å². The van der Waals surface area contributed by atoms with Gasteiger partial charge in [-0.1, -0.05) is 11.7 Å². The summed E-state index contributed by atoms with van der Waals surface area (Å²) in [5.41, 5.74) is 0.319. The van der Waals surface area contributed by atoms with Crippen molar-refractivity contribution in [1.82, 2.24) is 5.16 Å². The van der Waals surface area contributed by atoms with Gasteiger partial charge >= 0.3 is 6.18 Å². The van der Waals surface area contributed by atoms with Gasteiger partial charge in [-0.25, -0.2) is 0 Å². The van der Waals surface area contributed by atoms with Crippen LogP contribution < -0.4 is 5.32 Å². The Labute approximate surface area is 144 Å². The Morgan fingerprint density at radius 3 is 2.54 bits per heavy atom. The first-order valence-corrected chi connectivity index (χ1v) is 8.41. The van der Waals surface area contributed by atoms with Crippen LogP contribution in [0.5, 0.6) is 0 Å². The van der Waals surface area contributed by atoms with Gasteiger partial charge in [0.2, 0.25) is 5.88 Å². The van der Waals surface area contributed by atoms with Crippen molar-refractivity contribution in [1.29, 1.82) is 5.26 Å². The highest BCUT2D eigenvalue weighted by Crippen LogP contribution is 2.34. The Morgan fingerprint density at radius 1 is 1.38 bits per heavy atom. The average molecular weight is 361 g/mol. The number of alkyl halides is 3. The van der Waals surface area contributed by atoms with Crippen molar-refractivity contribution in [2.24, 2.45) is 0 Å². The van der Waals surface area contributed by atoms with E-state index in [2.05, 4.69) is 23.1 Å². The normalized spacial score (nSPS) is 12.8. The number of nitrogens with zero attached hydrogens (tertiary/aromatic N) is 2. The molecule has 24 heavy (non-hydrogen) atoms. The van der Waals surface area contributed by atoms with E-state index in [0.29, 0.717) is 23.0 Å². The summed E-state index contributed by atoms with van der Waals surface area (Å²) in [4.78, 5) is 0. The van der Waals surface area contributed by atoms with Gasteiger partial charge in [-0.05, 0) is 39.9 Å². The SMILES string of the molecule is C=C(Nc1cc(C(C)(C)C#N)no1)C(C)(C)SCCCC(F)(F)F. The second kappa shape index (κ2) is 7.51. The summed E-state index contributed by atoms with van der Waals surface area (Å²) < 4.78 is 41.2. The number of hydrogen-bond acceptors (Lipinski definition) is 5. The predicted molar refractivity (Wildman–Crippen MR) is 89.7 cm³/mol. The largest absolute Gasteiger partial charge is 0.389 e. The molecule has 1 rings (SSSR count). The summed E-state index contributed by atoms with van der Waals surface area (Å²) in [6.45, 7) is 11.1. The molecule has 0 aromatic carbocycles. The minimum absolute atomic E-state index is 0.0632. The third-order valence-corrected chi connectivity index (χ3v) is 4.96. The van der Waals surface area contributed by atoms with Gasteiger partial charge < -0.3 is 9.84 Å². The second-order valence-corrected chi connectivity index (χ2v) is 8.21. The Hall–Kier alpha value is -1.62. The molecule has 0 atom stereocenters. The van der Waals surface area contributed by atoms with E-state index in [0.717, 1.165) is 0 Å². The molecule has 1 aromatic rings. The fraction of sp³-hybridized carbons (Fsp3) is 0.625. The number of anilines is 1. The summed E-state index contributed by atoms with van der Waals surface area (Å²) in [7, 11) is 0. The van der Waals surface area contributed by atoms with E-state index in [4.69, 9.17) is 9.78 Å². The first-order chi connectivity index (χ1) is 10.9. The van der Waals surface area contributed by atoms with Gasteiger partial charge in [-0.15, -0.1) is 11.8 Å². The van der Waals surface area contributed by atoms with Gasteiger partial charge in [-0.2, -0.15) is 18.4 Å². The highest BCUT2D eigenvalue weighted by Gasteiger charge is 2.29. The molecule has 8 heteroatoms. The third kappa shape index (κ3) is 6.11. The van der Waals surface area contributed by atoms with E-state index in [1.54, 1.807) is 19.9 Å². The second-order valence-electron chi connectivity index (χ2n) is 6.49. The van der Waals surface area contributed by atoms with E-state index in [1.165, 1.54) is 11.8 Å². The van der Waals surface area contributed by atoms with Crippen LogP contribution in [-0.2, 0) is 5.41 Å². The van der Waals surface area contributed by atoms with Crippen LogP contribution in [0.4, 0.5) is 19.1 Å². The molecule has 0 amide bonds. The molecule has 0 spiro atoms. The average Bonchev–Trinajstić information content (AvgIpc) is 2.92. The van der Waals surface area contributed by atoms with Crippen LogP contribution in [0.25, 0.3) is 0 Å². The lowest BCUT2D eigenvalue weighted by Crippen LogP contribution is -2.23. The topological polar surface area (TPSA) is 61.9 Å². The lowest BCUT2D eigenvalue weighted by atomic mass is 9.92. The standard InChI is InChI=1S/C16H22F3N3OS/c1-11(15(4,5)24-8-6-7-16(17,18)19)21-13-9-12(22-23-13)14(2,3)10-20/h9,21H,1,6-8H2,2-5H3. The molecule has 0 saturated carbocycles. The molecule has 4 nitrogen and oxygen atoms in total. The molecule has 0 aliphatic heterocycles. The van der Waals surface area contributed by atoms with Gasteiger partial charge in [0.05, 0.1) is 11.5 Å². The first kappa shape index (κ1) is 20.4. The molecular weight excluding hydrogens is 339 g/mol. The number of thioether (sulfide) groups is 1. The summed E-state index contributed by atoms with van der Waals surface area (Å²) in [5.74, 6) is 0.721. The zero-order valence-corrected chi connectivity index (χ0v) is 15.1. The van der Waals surface area contributed by atoms with Crippen LogP contribution >= 0.6 is 11.8 Å². The van der Waals surface area contributed by atoms with Gasteiger partial charge in [0.1, 0.15) is 5.69 Å². The van der Waals surface area contributed by atoms with Gasteiger partial charge in [0.25, 0.3) is 0 Å². The lowest BCUT2D eigenvalue weighted by Gasteiger charge is -2.26. The summed E-state index contributed by atoms with van der Waals surface area (Å²) in [5, 5.41) is 15.9. The Morgan fingerprint density at radius 2 is 2.00 bits per heavy atom. The highest BCUT2D eigenvalue weighted by molar-refractivity contribution is 8.00. The summed E-state index contributed by atoms with van der Waals surface area (Å²) in [6.07, 6.45) is -4.85. The number of rotatable bonds is 8. The van der Waals surface area contributed by atoms with Crippen LogP contribution in [-0.4, -0.2) is 21.8 Å². The maximum absolute atomic E-state index is 12.2. The molecule has 0 radical (unpaired) electrons. The smallest absolute Gasteiger partial charge is 0.338 e. The first-order valence-electron chi connectivity index (χ1n) is 7.43. The molecule has 0 unspecified atom stereocenters. The van der Waals surface area contributed by atoms with E-state index < -0.39 is 22.8 Å². The molecule has 1 aromatic heterocycles. The summed E-state index contributed by atoms with van der Waals surface area (Å²) in [6, 6.07) is 3.76. The van der Waals surface area contributed by atoms with Crippen molar-refractivity contribution in [2.75, 3.05) is 11.1 Å². The monoisotopic (exact) mass is 361 g/mol. The number of aromatic nitrogens is 1. The lowest BCUT2D eigenvalue weighted by molar-refractivity contribution is -0.134. The number of hydrogen-bond donors (Lipinski definition) is 1. The Bertz CT molecular complexity index is 615. The maximum atomic E-state index is 12.2. The van der Waals surface area contributed by atoms with Gasteiger partial charge in [0, 0.05) is 22.9 Å². The van der Waals surface area contributed by atoms with Crippen LogP contribution in [0.1, 0.15) is 46.2 Å². The molecule has 0 fully saturated rings. The molecular formula is C16H22F3N3OS. The molecule has 0 bridgehead atoms. The molecule has 0 aliphatic rings. The van der Waals surface area contributed by atoms with Crippen molar-refractivity contribution in [3.05, 3.63) is 24.0 Å². The van der Waals surface area contributed by atoms with Gasteiger partial charge in [0.15, 0.2) is 0 Å². The van der Waals surface area contributed by atoms with Crippen molar-refractivity contribution in [3.8, 4) is 6.07 Å². The van der Waals surface area contributed by atoms with Crippen LogP contribution in [0.2, 0.25) is 0 Å². The highest BCUT2D eigenvalue weighted by atomic mass is 32.2. The third-order valence-electron chi connectivity index (χ3n) is 3.50. The van der Waals surface area contributed by atoms with Crippen molar-refractivity contribution in [3.63, 3.8) is 0 Å². The predicted octanol–water partition coefficient (Wildman–Crippen LogP) is 5.26.